The van der Waals surface area contributed by atoms with Crippen LogP contribution >= 0.6 is 0 Å². The molecule has 12 nitrogen and oxygen atoms in total. The quantitative estimate of drug-likeness (QED) is 0.0267. The molecule has 6 saturated carbocycles. The highest BCUT2D eigenvalue weighted by Crippen LogP contribution is 2.51. The number of nitrogens with one attached hydrogen (secondary N) is 5. The first-order valence-corrected chi connectivity index (χ1v) is 52.6. The van der Waals surface area contributed by atoms with E-state index in [0.717, 1.165) is 147 Å². The van der Waals surface area contributed by atoms with Gasteiger partial charge in [-0.15, -0.1) is 0 Å². The Morgan fingerprint density at radius 2 is 0.681 bits per heavy atom. The van der Waals surface area contributed by atoms with E-state index in [0.29, 0.717) is 123 Å². The Kier molecular flexibility index (Phi) is 45.4. The van der Waals surface area contributed by atoms with Gasteiger partial charge in [0.1, 0.15) is 0 Å². The van der Waals surface area contributed by atoms with Crippen LogP contribution in [0.1, 0.15) is 338 Å². The lowest BCUT2D eigenvalue weighted by Crippen LogP contribution is -2.46. The molecule has 7 aromatic carbocycles. The van der Waals surface area contributed by atoms with Gasteiger partial charge in [0.05, 0.1) is 60.4 Å². The van der Waals surface area contributed by atoms with E-state index in [2.05, 4.69) is 284 Å². The van der Waals surface area contributed by atoms with Crippen molar-refractivity contribution >= 4 is 0 Å². The third-order valence-electron chi connectivity index (χ3n) is 33.8. The zero-order chi connectivity index (χ0) is 102. The summed E-state index contributed by atoms with van der Waals surface area (Å²) in [5, 5.41) is 72.6. The number of alkyl halides is 9. The SMILES string of the molecule is CC(C)C1(CC#N)CCC(NC(c2ccccc2)c2ccccc2)CC1.CC(C)C1(CC#N)CCC(NCc2cccc(CC(F)(F)F)c2)CC1.CC(C)C1(CC#N)CCC(NCc2ccccc2-c2ccccc2)CC1.CC(C)C1(CC#N)CCC(NCc2ccccc2C(F)(F)F)CC1.CC1(CC#N)CCC(N2CCC(C(F)(F)F)CC2)CC1.CCc1ccccc1CNC1CCC(C)(CC#N)CC1. The van der Waals surface area contributed by atoms with Gasteiger partial charge in [0.15, 0.2) is 0 Å². The zero-order valence-electron chi connectivity index (χ0n) is 86.1. The number of aryl methyl sites for hydroxylation is 1. The van der Waals surface area contributed by atoms with E-state index in [9.17, 15) is 50.0 Å². The van der Waals surface area contributed by atoms with Crippen molar-refractivity contribution in [2.75, 3.05) is 13.1 Å². The molecule has 0 aromatic heterocycles. The molecule has 0 spiro atoms. The lowest BCUT2D eigenvalue weighted by atomic mass is 9.64. The predicted octanol–water partition coefficient (Wildman–Crippen LogP) is 30.8. The maximum atomic E-state index is 13.0. The van der Waals surface area contributed by atoms with Gasteiger partial charge >= 0.3 is 18.5 Å². The number of likely N-dealkylation sites (tertiary alicyclic amines) is 1. The van der Waals surface area contributed by atoms with Crippen molar-refractivity contribution in [1.82, 2.24) is 31.5 Å². The summed E-state index contributed by atoms with van der Waals surface area (Å²) in [4.78, 5) is 2.24. The van der Waals surface area contributed by atoms with Crippen molar-refractivity contribution in [3.05, 3.63) is 238 Å². The number of hydrogen-bond donors (Lipinski definition) is 5. The smallest absolute Gasteiger partial charge is 0.310 e. The fourth-order valence-electron chi connectivity index (χ4n) is 23.1. The van der Waals surface area contributed by atoms with Crippen LogP contribution in [0.25, 0.3) is 11.1 Å². The van der Waals surface area contributed by atoms with Crippen LogP contribution in [0, 0.1) is 130 Å². The Bertz CT molecular complexity index is 5030. The second-order valence-corrected chi connectivity index (χ2v) is 44.0. The molecular weight excluding hydrogens is 1780 g/mol. The molecule has 0 bridgehead atoms. The van der Waals surface area contributed by atoms with Crippen LogP contribution in [0.2, 0.25) is 0 Å². The number of hydrogen-bond acceptors (Lipinski definition) is 12. The van der Waals surface area contributed by atoms with E-state index in [-0.39, 0.29) is 64.0 Å². The molecule has 764 valence electrons. The first-order valence-electron chi connectivity index (χ1n) is 52.6. The molecule has 0 amide bonds. The van der Waals surface area contributed by atoms with Crippen LogP contribution in [0.3, 0.4) is 0 Å². The van der Waals surface area contributed by atoms with E-state index in [1.54, 1.807) is 18.2 Å². The molecule has 21 heteroatoms. The molecule has 1 saturated heterocycles. The largest absolute Gasteiger partial charge is 0.416 e. The second-order valence-electron chi connectivity index (χ2n) is 44.0. The van der Waals surface area contributed by atoms with Gasteiger partial charge in [-0.05, 0) is 304 Å². The van der Waals surface area contributed by atoms with Gasteiger partial charge in [0.25, 0.3) is 0 Å². The Morgan fingerprint density at radius 1 is 0.348 bits per heavy atom. The fraction of sp³-hybridized carbons (Fsp3) is 0.600. The Morgan fingerprint density at radius 3 is 1.07 bits per heavy atom. The minimum Gasteiger partial charge on any atom is -0.310 e. The van der Waals surface area contributed by atoms with Crippen LogP contribution in [-0.2, 0) is 45.2 Å². The van der Waals surface area contributed by atoms with Gasteiger partial charge in [0.2, 0.25) is 0 Å². The van der Waals surface area contributed by atoms with Gasteiger partial charge in [-0.1, -0.05) is 258 Å². The van der Waals surface area contributed by atoms with Crippen LogP contribution in [0.4, 0.5) is 39.5 Å². The van der Waals surface area contributed by atoms with E-state index >= 15 is 0 Å². The molecule has 1 aliphatic heterocycles. The molecule has 7 aliphatic rings. The van der Waals surface area contributed by atoms with E-state index in [1.807, 2.05) is 6.07 Å². The second kappa shape index (κ2) is 55.6. The molecule has 6 aliphatic carbocycles. The molecule has 0 unspecified atom stereocenters. The van der Waals surface area contributed by atoms with Crippen LogP contribution in [0.15, 0.2) is 188 Å². The Labute approximate surface area is 840 Å². The number of nitriles is 6. The molecule has 141 heavy (non-hydrogen) atoms. The van der Waals surface area contributed by atoms with E-state index in [4.69, 9.17) is 21.0 Å². The molecule has 7 aromatic rings. The molecule has 0 atom stereocenters. The minimum absolute atomic E-state index is 0.0663. The molecule has 7 fully saturated rings. The van der Waals surface area contributed by atoms with Crippen molar-refractivity contribution in [3.8, 4) is 47.5 Å². The maximum Gasteiger partial charge on any atom is 0.416 e. The summed E-state index contributed by atoms with van der Waals surface area (Å²) < 4.78 is 115. The summed E-state index contributed by atoms with van der Waals surface area (Å²) in [6, 6.07) is 79.0. The molecule has 1 heterocycles. The summed E-state index contributed by atoms with van der Waals surface area (Å²) in [5.41, 5.74) is 11.4. The number of halogens is 9. The van der Waals surface area contributed by atoms with Gasteiger partial charge in [-0.25, -0.2) is 0 Å². The highest BCUT2D eigenvalue weighted by Gasteiger charge is 2.46. The minimum atomic E-state index is -4.32. The lowest BCUT2D eigenvalue weighted by molar-refractivity contribution is -0.186. The average Bonchev–Trinajstić information content (AvgIpc) is 0.789. The van der Waals surface area contributed by atoms with Crippen molar-refractivity contribution in [3.63, 3.8) is 0 Å². The standard InChI is InChI=1S/2C24H30N2.C20H27F3N2.C19H25F3N2.C18H26N2.C15H23F3N2/c1-19(2)24(17-18-25)15-13-22(14-16-24)26-23(20-9-5-3-6-10-20)21-11-7-4-8-12-21;1-19(2)24(16-17-25)14-12-22(13-15-24)26-18-21-10-6-7-11-23(21)20-8-4-3-5-9-20;1-15(2)19(10-11-24)8-6-18(7-9-19)25-14-17-5-3-4-16(12-17)13-20(21,22)23;1-14(2)18(11-12-23)9-7-16(8-10-18)24-13-15-5-3-4-6-17(15)19(20,21)22;1-3-15-6-4-5-7-16(15)14-20-17-8-10-18(2,11-9-17)12-13-19;1-14(8-9-19)6-2-13(3-7-14)20-10-4-12(5-11-20)15(16,17)18/h3-12,19,22-23,26H,13-17H2,1-2H3;3-11,19,22,26H,12-16,18H2,1-2H3;3-5,12,15,18,25H,6-10,13-14H2,1-2H3;3-6,14,16,24H,7-11,13H2,1-2H3;4-7,17,20H,3,8-12,14H2,1-2H3;12-13H,2-8,10-11H2,1H3. The van der Waals surface area contributed by atoms with Gasteiger partial charge in [0, 0.05) is 101 Å². The summed E-state index contributed by atoms with van der Waals surface area (Å²) in [6.07, 6.45) is 18.0. The van der Waals surface area contributed by atoms with E-state index < -0.39 is 36.4 Å². The number of piperidine rings is 1. The number of rotatable bonds is 30. The van der Waals surface area contributed by atoms with E-state index in [1.165, 1.54) is 95.7 Å². The summed E-state index contributed by atoms with van der Waals surface area (Å²) in [5.74, 6) is 0.992. The zero-order valence-corrected chi connectivity index (χ0v) is 86.1. The molecular formula is C120H161F9N12. The first-order chi connectivity index (χ1) is 67.3. The normalized spacial score (nSPS) is 25.5. The number of nitrogens with zero attached hydrogens (tertiary/aromatic N) is 7. The van der Waals surface area contributed by atoms with Crippen molar-refractivity contribution in [2.24, 2.45) is 62.1 Å². The monoisotopic (exact) mass is 1940 g/mol. The summed E-state index contributed by atoms with van der Waals surface area (Å²) >= 11 is 0. The summed E-state index contributed by atoms with van der Waals surface area (Å²) in [7, 11) is 0. The predicted molar refractivity (Wildman–Crippen MR) is 551 cm³/mol. The third kappa shape index (κ3) is 35.5. The average molecular weight is 1940 g/mol. The number of benzene rings is 7. The van der Waals surface area contributed by atoms with Crippen molar-refractivity contribution in [2.45, 2.75) is 381 Å². The lowest BCUT2D eigenvalue weighted by Gasteiger charge is -2.43. The van der Waals surface area contributed by atoms with Crippen molar-refractivity contribution in [1.29, 1.82) is 31.6 Å². The van der Waals surface area contributed by atoms with Crippen LogP contribution in [0.5, 0.6) is 0 Å². The van der Waals surface area contributed by atoms with Gasteiger partial charge in [-0.2, -0.15) is 71.1 Å². The molecule has 5 N–H and O–H groups in total. The van der Waals surface area contributed by atoms with Crippen molar-refractivity contribution < 1.29 is 39.5 Å². The first kappa shape index (κ1) is 115. The summed E-state index contributed by atoms with van der Waals surface area (Å²) in [6.45, 7) is 28.3. The Hall–Kier alpha value is -9.39. The topological polar surface area (TPSA) is 206 Å². The Balaban J connectivity index is 0.000000190. The third-order valence-corrected chi connectivity index (χ3v) is 33.8. The highest BCUT2D eigenvalue weighted by molar-refractivity contribution is 5.67. The maximum absolute atomic E-state index is 13.0. The van der Waals surface area contributed by atoms with Crippen LogP contribution in [-0.4, -0.2) is 66.6 Å². The van der Waals surface area contributed by atoms with Gasteiger partial charge < -0.3 is 31.5 Å². The van der Waals surface area contributed by atoms with Gasteiger partial charge in [-0.3, -0.25) is 0 Å². The van der Waals surface area contributed by atoms with Crippen LogP contribution < -0.4 is 26.6 Å². The fourth-order valence-corrected chi connectivity index (χ4v) is 23.1. The molecule has 14 rings (SSSR count). The molecule has 0 radical (unpaired) electrons. The highest BCUT2D eigenvalue weighted by atomic mass is 19.4.